The van der Waals surface area contributed by atoms with Crippen LogP contribution in [0.1, 0.15) is 59.3 Å². The lowest BCUT2D eigenvalue weighted by Gasteiger charge is -2.40. The smallest absolute Gasteiger partial charge is 0.223 e. The van der Waals surface area contributed by atoms with Gasteiger partial charge in [-0.25, -0.2) is 0 Å². The molecule has 0 bridgehead atoms. The summed E-state index contributed by atoms with van der Waals surface area (Å²) in [6, 6.07) is 0.204. The molecule has 2 fully saturated rings. The van der Waals surface area contributed by atoms with Gasteiger partial charge in [-0.3, -0.25) is 4.79 Å². The molecule has 1 aliphatic carbocycles. The first-order valence-corrected chi connectivity index (χ1v) is 8.53. The van der Waals surface area contributed by atoms with Crippen LogP contribution in [0.2, 0.25) is 0 Å². The molecular formula is C17H32N2O2. The summed E-state index contributed by atoms with van der Waals surface area (Å²) in [4.78, 5) is 12.3. The number of hydrogen-bond acceptors (Lipinski definition) is 3. The second-order valence-corrected chi connectivity index (χ2v) is 7.93. The van der Waals surface area contributed by atoms with Crippen LogP contribution in [0.15, 0.2) is 0 Å². The molecule has 1 heterocycles. The number of nitrogens with two attached hydrogens (primary N) is 1. The maximum Gasteiger partial charge on any atom is 0.223 e. The Labute approximate surface area is 129 Å². The van der Waals surface area contributed by atoms with E-state index in [1.165, 1.54) is 0 Å². The predicted molar refractivity (Wildman–Crippen MR) is 84.9 cm³/mol. The summed E-state index contributed by atoms with van der Waals surface area (Å²) in [6.07, 6.45) is 6.45. The molecule has 122 valence electrons. The standard InChI is InChI=1S/C17H32N2O2/c1-17(2,3)15-13(7-5-9-21-15)11-19-16(20)12-6-4-8-14(18)10-12/h12-15H,4-11,18H2,1-3H3,(H,19,20). The molecular weight excluding hydrogens is 264 g/mol. The molecule has 0 aromatic rings. The third kappa shape index (κ3) is 4.68. The van der Waals surface area contributed by atoms with Crippen LogP contribution in [0, 0.1) is 17.3 Å². The topological polar surface area (TPSA) is 64.3 Å². The molecule has 1 saturated heterocycles. The fourth-order valence-corrected chi connectivity index (χ4v) is 3.85. The molecule has 4 atom stereocenters. The Kier molecular flexibility index (Phi) is 5.67. The number of rotatable bonds is 3. The maximum atomic E-state index is 12.3. The minimum absolute atomic E-state index is 0.117. The van der Waals surface area contributed by atoms with E-state index in [0.717, 1.165) is 51.7 Å². The lowest BCUT2D eigenvalue weighted by molar-refractivity contribution is -0.127. The van der Waals surface area contributed by atoms with E-state index in [-0.39, 0.29) is 29.4 Å². The van der Waals surface area contributed by atoms with Gasteiger partial charge in [-0.05, 0) is 37.5 Å². The lowest BCUT2D eigenvalue weighted by Crippen LogP contribution is -2.46. The van der Waals surface area contributed by atoms with Crippen molar-refractivity contribution in [1.82, 2.24) is 5.32 Å². The molecule has 0 radical (unpaired) electrons. The maximum absolute atomic E-state index is 12.3. The van der Waals surface area contributed by atoms with Crippen molar-refractivity contribution in [2.75, 3.05) is 13.2 Å². The SMILES string of the molecule is CC(C)(C)C1OCCCC1CNC(=O)C1CCCC(N)C1. The number of carbonyl (C=O) groups is 1. The monoisotopic (exact) mass is 296 g/mol. The highest BCUT2D eigenvalue weighted by Gasteiger charge is 2.36. The Balaban J connectivity index is 1.84. The molecule has 0 aromatic carbocycles. The van der Waals surface area contributed by atoms with E-state index < -0.39 is 0 Å². The van der Waals surface area contributed by atoms with Gasteiger partial charge in [-0.2, -0.15) is 0 Å². The van der Waals surface area contributed by atoms with Crippen molar-refractivity contribution in [1.29, 1.82) is 0 Å². The van der Waals surface area contributed by atoms with Crippen LogP contribution in [0.25, 0.3) is 0 Å². The first-order valence-electron chi connectivity index (χ1n) is 8.53. The molecule has 4 nitrogen and oxygen atoms in total. The van der Waals surface area contributed by atoms with E-state index in [4.69, 9.17) is 10.5 Å². The molecule has 4 heteroatoms. The number of ether oxygens (including phenoxy) is 1. The summed E-state index contributed by atoms with van der Waals surface area (Å²) in [7, 11) is 0. The van der Waals surface area contributed by atoms with Gasteiger partial charge in [0.2, 0.25) is 5.91 Å². The minimum Gasteiger partial charge on any atom is -0.377 e. The molecule has 21 heavy (non-hydrogen) atoms. The van der Waals surface area contributed by atoms with Crippen molar-refractivity contribution in [3.63, 3.8) is 0 Å². The van der Waals surface area contributed by atoms with Gasteiger partial charge >= 0.3 is 0 Å². The highest BCUT2D eigenvalue weighted by Crippen LogP contribution is 2.33. The van der Waals surface area contributed by atoms with Crippen LogP contribution in [-0.2, 0) is 9.53 Å². The summed E-state index contributed by atoms with van der Waals surface area (Å²) in [6.45, 7) is 8.25. The van der Waals surface area contributed by atoms with Crippen molar-refractivity contribution in [2.45, 2.75) is 71.4 Å². The van der Waals surface area contributed by atoms with Crippen LogP contribution >= 0.6 is 0 Å². The summed E-state index contributed by atoms with van der Waals surface area (Å²) < 4.78 is 5.98. The molecule has 1 saturated carbocycles. The lowest BCUT2D eigenvalue weighted by atomic mass is 9.78. The molecule has 2 aliphatic rings. The van der Waals surface area contributed by atoms with Crippen LogP contribution in [0.5, 0.6) is 0 Å². The van der Waals surface area contributed by atoms with Gasteiger partial charge < -0.3 is 15.8 Å². The zero-order chi connectivity index (χ0) is 15.5. The predicted octanol–water partition coefficient (Wildman–Crippen LogP) is 2.46. The van der Waals surface area contributed by atoms with E-state index in [1.54, 1.807) is 0 Å². The Morgan fingerprint density at radius 1 is 1.24 bits per heavy atom. The van der Waals surface area contributed by atoms with Crippen LogP contribution in [0.3, 0.4) is 0 Å². The average Bonchev–Trinajstić information content (AvgIpc) is 2.44. The first-order chi connectivity index (χ1) is 9.88. The third-order valence-corrected chi connectivity index (χ3v) is 4.92. The van der Waals surface area contributed by atoms with Crippen molar-refractivity contribution >= 4 is 5.91 Å². The van der Waals surface area contributed by atoms with Crippen molar-refractivity contribution in [2.24, 2.45) is 23.0 Å². The summed E-state index contributed by atoms with van der Waals surface area (Å²) in [5, 5.41) is 3.17. The molecule has 4 unspecified atom stereocenters. The summed E-state index contributed by atoms with van der Waals surface area (Å²) in [5.41, 5.74) is 6.11. The molecule has 3 N–H and O–H groups in total. The zero-order valence-corrected chi connectivity index (χ0v) is 13.9. The number of hydrogen-bond donors (Lipinski definition) is 2. The van der Waals surface area contributed by atoms with Gasteiger partial charge in [0.05, 0.1) is 6.10 Å². The second kappa shape index (κ2) is 7.10. The Hall–Kier alpha value is -0.610. The van der Waals surface area contributed by atoms with E-state index >= 15 is 0 Å². The van der Waals surface area contributed by atoms with E-state index in [2.05, 4.69) is 26.1 Å². The van der Waals surface area contributed by atoms with Crippen LogP contribution in [-0.4, -0.2) is 31.2 Å². The average molecular weight is 296 g/mol. The minimum atomic E-state index is 0.117. The van der Waals surface area contributed by atoms with Gasteiger partial charge in [-0.15, -0.1) is 0 Å². The Morgan fingerprint density at radius 3 is 2.67 bits per heavy atom. The molecule has 1 amide bonds. The molecule has 2 rings (SSSR count). The fourth-order valence-electron chi connectivity index (χ4n) is 3.85. The van der Waals surface area contributed by atoms with Crippen molar-refractivity contribution in [3.05, 3.63) is 0 Å². The van der Waals surface area contributed by atoms with Crippen molar-refractivity contribution < 1.29 is 9.53 Å². The number of nitrogens with one attached hydrogen (secondary N) is 1. The van der Waals surface area contributed by atoms with Crippen LogP contribution < -0.4 is 11.1 Å². The van der Waals surface area contributed by atoms with Gasteiger partial charge in [0.15, 0.2) is 0 Å². The van der Waals surface area contributed by atoms with E-state index in [0.29, 0.717) is 5.92 Å². The van der Waals surface area contributed by atoms with Gasteiger partial charge in [0, 0.05) is 31.0 Å². The Morgan fingerprint density at radius 2 is 2.00 bits per heavy atom. The highest BCUT2D eigenvalue weighted by molar-refractivity contribution is 5.78. The summed E-state index contributed by atoms with van der Waals surface area (Å²) in [5.74, 6) is 0.745. The first kappa shape index (κ1) is 16.8. The van der Waals surface area contributed by atoms with E-state index in [1.807, 2.05) is 0 Å². The fraction of sp³-hybridized carbons (Fsp3) is 0.941. The Bertz CT molecular complexity index is 351. The van der Waals surface area contributed by atoms with Crippen molar-refractivity contribution in [3.8, 4) is 0 Å². The number of carbonyl (C=O) groups excluding carboxylic acids is 1. The van der Waals surface area contributed by atoms with Gasteiger partial charge in [-0.1, -0.05) is 27.2 Å². The normalized spacial score (nSPS) is 34.5. The van der Waals surface area contributed by atoms with E-state index in [9.17, 15) is 4.79 Å². The second-order valence-electron chi connectivity index (χ2n) is 7.93. The molecule has 0 aromatic heterocycles. The third-order valence-electron chi connectivity index (χ3n) is 4.92. The molecule has 0 spiro atoms. The molecule has 1 aliphatic heterocycles. The van der Waals surface area contributed by atoms with Gasteiger partial charge in [0.25, 0.3) is 0 Å². The zero-order valence-electron chi connectivity index (χ0n) is 13.9. The summed E-state index contributed by atoms with van der Waals surface area (Å²) >= 11 is 0. The largest absolute Gasteiger partial charge is 0.377 e. The number of amides is 1. The quantitative estimate of drug-likeness (QED) is 0.841. The van der Waals surface area contributed by atoms with Crippen LogP contribution in [0.4, 0.5) is 0 Å². The van der Waals surface area contributed by atoms with Gasteiger partial charge in [0.1, 0.15) is 0 Å². The highest BCUT2D eigenvalue weighted by atomic mass is 16.5.